The highest BCUT2D eigenvalue weighted by Crippen LogP contribution is 2.47. The molecule has 3 rings (SSSR count). The zero-order valence-electron chi connectivity index (χ0n) is 12.8. The number of fused-ring (bicyclic) bond motifs is 1. The molecule has 1 aromatic heterocycles. The van der Waals surface area contributed by atoms with Gasteiger partial charge in [0.25, 0.3) is 0 Å². The SMILES string of the molecule is CC(C)c1c2c(cc(Br)c1-c1cc(C(=O)O)no1)OCCCO2. The summed E-state index contributed by atoms with van der Waals surface area (Å²) in [6, 6.07) is 3.24. The Kier molecular flexibility index (Phi) is 4.30. The molecule has 0 spiro atoms. The predicted octanol–water partition coefficient (Wildman–Crippen LogP) is 4.09. The monoisotopic (exact) mass is 381 g/mol. The number of hydrogen-bond acceptors (Lipinski definition) is 5. The van der Waals surface area contributed by atoms with Gasteiger partial charge >= 0.3 is 5.97 Å². The Morgan fingerprint density at radius 2 is 2.04 bits per heavy atom. The van der Waals surface area contributed by atoms with Crippen molar-refractivity contribution in [3.8, 4) is 22.8 Å². The van der Waals surface area contributed by atoms with Crippen molar-refractivity contribution in [1.29, 1.82) is 0 Å². The number of carboxylic acid groups (broad SMARTS) is 1. The summed E-state index contributed by atoms with van der Waals surface area (Å²) in [5.74, 6) is 0.741. The Morgan fingerprint density at radius 3 is 2.70 bits per heavy atom. The second-order valence-electron chi connectivity index (χ2n) is 5.56. The predicted molar refractivity (Wildman–Crippen MR) is 86.3 cm³/mol. The number of aromatic nitrogens is 1. The largest absolute Gasteiger partial charge is 0.490 e. The molecule has 0 fully saturated rings. The van der Waals surface area contributed by atoms with Crippen LogP contribution in [0.1, 0.15) is 42.2 Å². The van der Waals surface area contributed by atoms with Crippen molar-refractivity contribution < 1.29 is 23.9 Å². The normalized spacial score (nSPS) is 13.9. The molecule has 0 saturated heterocycles. The second kappa shape index (κ2) is 6.23. The highest BCUT2D eigenvalue weighted by Gasteiger charge is 2.26. The number of rotatable bonds is 3. The summed E-state index contributed by atoms with van der Waals surface area (Å²) >= 11 is 3.53. The number of carboxylic acids is 1. The number of hydrogen-bond donors (Lipinski definition) is 1. The van der Waals surface area contributed by atoms with E-state index >= 15 is 0 Å². The minimum absolute atomic E-state index is 0.122. The number of halogens is 1. The zero-order valence-corrected chi connectivity index (χ0v) is 14.3. The number of benzene rings is 1. The number of carbonyl (C=O) groups is 1. The first-order valence-corrected chi connectivity index (χ1v) is 8.10. The van der Waals surface area contributed by atoms with Crippen LogP contribution in [-0.4, -0.2) is 29.4 Å². The summed E-state index contributed by atoms with van der Waals surface area (Å²) < 4.78 is 17.6. The van der Waals surface area contributed by atoms with Crippen LogP contribution < -0.4 is 9.47 Å². The first kappa shape index (κ1) is 15.9. The molecule has 1 aromatic carbocycles. The van der Waals surface area contributed by atoms with Crippen LogP contribution in [0, 0.1) is 0 Å². The van der Waals surface area contributed by atoms with E-state index < -0.39 is 5.97 Å². The van der Waals surface area contributed by atoms with E-state index in [1.165, 1.54) is 6.07 Å². The lowest BCUT2D eigenvalue weighted by molar-refractivity contribution is 0.0686. The highest BCUT2D eigenvalue weighted by molar-refractivity contribution is 9.10. The summed E-state index contributed by atoms with van der Waals surface area (Å²) in [7, 11) is 0. The third kappa shape index (κ3) is 2.93. The van der Waals surface area contributed by atoms with Crippen molar-refractivity contribution in [3.63, 3.8) is 0 Å². The average molecular weight is 382 g/mol. The Hall–Kier alpha value is -2.02. The summed E-state index contributed by atoms with van der Waals surface area (Å²) in [5, 5.41) is 12.6. The molecule has 2 heterocycles. The molecule has 0 unspecified atom stereocenters. The average Bonchev–Trinajstić information content (AvgIpc) is 2.86. The summed E-state index contributed by atoms with van der Waals surface area (Å²) in [4.78, 5) is 11.0. The number of nitrogens with zero attached hydrogens (tertiary/aromatic N) is 1. The van der Waals surface area contributed by atoms with Gasteiger partial charge in [0.1, 0.15) is 0 Å². The van der Waals surface area contributed by atoms with Gasteiger partial charge in [-0.25, -0.2) is 4.79 Å². The molecular formula is C16H16BrNO5. The zero-order chi connectivity index (χ0) is 16.6. The lowest BCUT2D eigenvalue weighted by Crippen LogP contribution is -2.02. The molecule has 0 amide bonds. The highest BCUT2D eigenvalue weighted by atomic mass is 79.9. The quantitative estimate of drug-likeness (QED) is 0.861. The van der Waals surface area contributed by atoms with Crippen molar-refractivity contribution >= 4 is 21.9 Å². The number of ether oxygens (including phenoxy) is 2. The molecule has 7 heteroatoms. The van der Waals surface area contributed by atoms with Gasteiger partial charge in [0.2, 0.25) is 0 Å². The van der Waals surface area contributed by atoms with Crippen molar-refractivity contribution in [2.24, 2.45) is 0 Å². The van der Waals surface area contributed by atoms with Gasteiger partial charge in [0.15, 0.2) is 23.0 Å². The van der Waals surface area contributed by atoms with Gasteiger partial charge in [0.05, 0.1) is 13.2 Å². The minimum atomic E-state index is -1.13. The molecule has 0 bridgehead atoms. The lowest BCUT2D eigenvalue weighted by Gasteiger charge is -2.19. The molecule has 1 N–H and O–H groups in total. The Morgan fingerprint density at radius 1 is 1.30 bits per heavy atom. The van der Waals surface area contributed by atoms with Gasteiger partial charge in [-0.15, -0.1) is 0 Å². The maximum atomic E-state index is 11.0. The fourth-order valence-electron chi connectivity index (χ4n) is 2.59. The molecule has 0 aliphatic carbocycles. The molecular weight excluding hydrogens is 366 g/mol. The fourth-order valence-corrected chi connectivity index (χ4v) is 3.21. The van der Waals surface area contributed by atoms with Crippen molar-refractivity contribution in [3.05, 3.63) is 27.9 Å². The third-order valence-electron chi connectivity index (χ3n) is 3.58. The Labute approximate surface area is 141 Å². The van der Waals surface area contributed by atoms with Crippen molar-refractivity contribution in [2.45, 2.75) is 26.2 Å². The lowest BCUT2D eigenvalue weighted by atomic mass is 9.94. The fraction of sp³-hybridized carbons (Fsp3) is 0.375. The van der Waals surface area contributed by atoms with E-state index in [-0.39, 0.29) is 11.6 Å². The molecule has 1 aliphatic heterocycles. The van der Waals surface area contributed by atoms with E-state index in [1.807, 2.05) is 19.9 Å². The molecule has 2 aromatic rings. The first-order chi connectivity index (χ1) is 11.0. The summed E-state index contributed by atoms with van der Waals surface area (Å²) in [5.41, 5.74) is 1.52. The molecule has 122 valence electrons. The molecule has 23 heavy (non-hydrogen) atoms. The van der Waals surface area contributed by atoms with Crippen LogP contribution in [0.25, 0.3) is 11.3 Å². The molecule has 0 radical (unpaired) electrons. The molecule has 0 saturated carbocycles. The van der Waals surface area contributed by atoms with Gasteiger partial charge in [0, 0.05) is 28.1 Å². The number of aromatic carboxylic acids is 1. The molecule has 0 atom stereocenters. The van der Waals surface area contributed by atoms with Crippen LogP contribution in [-0.2, 0) is 0 Å². The van der Waals surface area contributed by atoms with Crippen LogP contribution in [0.15, 0.2) is 21.1 Å². The topological polar surface area (TPSA) is 81.8 Å². The second-order valence-corrected chi connectivity index (χ2v) is 6.42. The van der Waals surface area contributed by atoms with E-state index in [0.29, 0.717) is 30.5 Å². The van der Waals surface area contributed by atoms with Crippen LogP contribution >= 0.6 is 15.9 Å². The van der Waals surface area contributed by atoms with Gasteiger partial charge in [-0.3, -0.25) is 0 Å². The van der Waals surface area contributed by atoms with Gasteiger partial charge in [-0.2, -0.15) is 0 Å². The van der Waals surface area contributed by atoms with Gasteiger partial charge < -0.3 is 19.1 Å². The molecule has 6 nitrogen and oxygen atoms in total. The van der Waals surface area contributed by atoms with E-state index in [4.69, 9.17) is 19.1 Å². The summed E-state index contributed by atoms with van der Waals surface area (Å²) in [6.45, 7) is 5.24. The van der Waals surface area contributed by atoms with E-state index in [0.717, 1.165) is 22.0 Å². The third-order valence-corrected chi connectivity index (χ3v) is 4.21. The van der Waals surface area contributed by atoms with Crippen LogP contribution in [0.2, 0.25) is 0 Å². The first-order valence-electron chi connectivity index (χ1n) is 7.31. The van der Waals surface area contributed by atoms with E-state index in [1.54, 1.807) is 0 Å². The van der Waals surface area contributed by atoms with Gasteiger partial charge in [-0.1, -0.05) is 19.0 Å². The van der Waals surface area contributed by atoms with E-state index in [9.17, 15) is 4.79 Å². The van der Waals surface area contributed by atoms with Crippen molar-refractivity contribution in [2.75, 3.05) is 13.2 Å². The maximum Gasteiger partial charge on any atom is 0.358 e. The van der Waals surface area contributed by atoms with E-state index in [2.05, 4.69) is 21.1 Å². The van der Waals surface area contributed by atoms with Gasteiger partial charge in [-0.05, 0) is 27.9 Å². The summed E-state index contributed by atoms with van der Waals surface area (Å²) in [6.07, 6.45) is 0.810. The standard InChI is InChI=1S/C16H16BrNO5/c1-8(2)13-14(11-7-10(16(19)20)18-23-11)9(17)6-12-15(13)22-5-3-4-21-12/h6-8H,3-5H2,1-2H3,(H,19,20). The van der Waals surface area contributed by atoms with Crippen molar-refractivity contribution in [1.82, 2.24) is 5.16 Å². The van der Waals surface area contributed by atoms with Crippen LogP contribution in [0.5, 0.6) is 11.5 Å². The smallest absolute Gasteiger partial charge is 0.358 e. The minimum Gasteiger partial charge on any atom is -0.490 e. The Balaban J connectivity index is 2.22. The maximum absolute atomic E-state index is 11.0. The Bertz CT molecular complexity index is 753. The molecule has 1 aliphatic rings. The van der Waals surface area contributed by atoms with Crippen LogP contribution in [0.3, 0.4) is 0 Å². The van der Waals surface area contributed by atoms with Crippen LogP contribution in [0.4, 0.5) is 0 Å².